The zero-order valence-electron chi connectivity index (χ0n) is 12.4. The molecule has 0 unspecified atom stereocenters. The highest BCUT2D eigenvalue weighted by atomic mass is 19.1. The largest absolute Gasteiger partial charge is 0.381 e. The number of aryl methyl sites for hydroxylation is 1. The maximum Gasteiger partial charge on any atom is 0.220 e. The van der Waals surface area contributed by atoms with Crippen molar-refractivity contribution in [3.8, 4) is 0 Å². The molecule has 0 aliphatic carbocycles. The van der Waals surface area contributed by atoms with Gasteiger partial charge in [-0.1, -0.05) is 0 Å². The minimum absolute atomic E-state index is 0.0853. The molecule has 2 heterocycles. The van der Waals surface area contributed by atoms with Crippen LogP contribution >= 0.6 is 0 Å². The Bertz CT molecular complexity index is 650. The Kier molecular flexibility index (Phi) is 4.68. The van der Waals surface area contributed by atoms with E-state index in [1.54, 1.807) is 6.07 Å². The monoisotopic (exact) mass is 305 g/mol. The van der Waals surface area contributed by atoms with Gasteiger partial charge in [0.2, 0.25) is 5.91 Å². The number of hydrogen-bond donors (Lipinski definition) is 2. The molecule has 2 aromatic rings. The quantitative estimate of drug-likeness (QED) is 0.804. The topological polar surface area (TPSA) is 67.0 Å². The highest BCUT2D eigenvalue weighted by Crippen LogP contribution is 2.16. The first-order valence-corrected chi connectivity index (χ1v) is 7.69. The Balaban J connectivity index is 1.41. The Morgan fingerprint density at radius 2 is 2.41 bits per heavy atom. The summed E-state index contributed by atoms with van der Waals surface area (Å²) in [6.07, 6.45) is 3.05. The van der Waals surface area contributed by atoms with Crippen LogP contribution in [0.1, 0.15) is 25.1 Å². The number of carbonyl (C=O) groups is 1. The summed E-state index contributed by atoms with van der Waals surface area (Å²) in [5, 5.41) is 2.93. The Labute approximate surface area is 128 Å². The van der Waals surface area contributed by atoms with Gasteiger partial charge in [-0.25, -0.2) is 9.37 Å². The van der Waals surface area contributed by atoms with Crippen molar-refractivity contribution >= 4 is 16.9 Å². The zero-order valence-corrected chi connectivity index (χ0v) is 12.4. The zero-order chi connectivity index (χ0) is 15.4. The van der Waals surface area contributed by atoms with Crippen LogP contribution in [0.5, 0.6) is 0 Å². The summed E-state index contributed by atoms with van der Waals surface area (Å²) >= 11 is 0. The van der Waals surface area contributed by atoms with Gasteiger partial charge in [0.05, 0.1) is 11.0 Å². The number of nitrogens with one attached hydrogen (secondary N) is 2. The van der Waals surface area contributed by atoms with Crippen molar-refractivity contribution in [3.05, 3.63) is 29.8 Å². The standard InChI is InChI=1S/C16H20FN3O2/c17-12-3-4-13-14(9-12)20-15(19-13)2-1-6-18-16(21)8-11-5-7-22-10-11/h3-4,9,11H,1-2,5-8,10H2,(H,18,21)(H,19,20)/t11-/m0/s1. The number of aromatic nitrogens is 2. The van der Waals surface area contributed by atoms with Crippen LogP contribution in [0.25, 0.3) is 11.0 Å². The fourth-order valence-electron chi connectivity index (χ4n) is 2.72. The number of fused-ring (bicyclic) bond motifs is 1. The van der Waals surface area contributed by atoms with Crippen molar-refractivity contribution in [1.29, 1.82) is 0 Å². The van der Waals surface area contributed by atoms with Crippen LogP contribution in [0.2, 0.25) is 0 Å². The average molecular weight is 305 g/mol. The van der Waals surface area contributed by atoms with Gasteiger partial charge in [0.1, 0.15) is 11.6 Å². The molecule has 1 amide bonds. The molecule has 1 atom stereocenters. The van der Waals surface area contributed by atoms with Gasteiger partial charge >= 0.3 is 0 Å². The smallest absolute Gasteiger partial charge is 0.220 e. The molecule has 118 valence electrons. The second-order valence-electron chi connectivity index (χ2n) is 5.73. The van der Waals surface area contributed by atoms with Crippen LogP contribution < -0.4 is 5.32 Å². The second kappa shape index (κ2) is 6.87. The second-order valence-corrected chi connectivity index (χ2v) is 5.73. The van der Waals surface area contributed by atoms with E-state index in [9.17, 15) is 9.18 Å². The lowest BCUT2D eigenvalue weighted by Crippen LogP contribution is -2.27. The molecule has 1 fully saturated rings. The third-order valence-corrected chi connectivity index (χ3v) is 3.90. The third kappa shape index (κ3) is 3.82. The molecule has 1 aliphatic heterocycles. The molecule has 1 aliphatic rings. The lowest BCUT2D eigenvalue weighted by molar-refractivity contribution is -0.122. The minimum Gasteiger partial charge on any atom is -0.381 e. The van der Waals surface area contributed by atoms with E-state index in [2.05, 4.69) is 15.3 Å². The molecule has 0 bridgehead atoms. The molecule has 3 rings (SSSR count). The highest BCUT2D eigenvalue weighted by molar-refractivity contribution is 5.76. The third-order valence-electron chi connectivity index (χ3n) is 3.90. The maximum absolute atomic E-state index is 13.1. The Morgan fingerprint density at radius 1 is 1.50 bits per heavy atom. The summed E-state index contributed by atoms with van der Waals surface area (Å²) in [4.78, 5) is 19.3. The summed E-state index contributed by atoms with van der Waals surface area (Å²) in [6.45, 7) is 2.09. The van der Waals surface area contributed by atoms with Crippen LogP contribution in [-0.4, -0.2) is 35.6 Å². The molecule has 0 radical (unpaired) electrons. The molecule has 5 nitrogen and oxygen atoms in total. The fourth-order valence-corrected chi connectivity index (χ4v) is 2.72. The van der Waals surface area contributed by atoms with E-state index < -0.39 is 0 Å². The molecule has 0 spiro atoms. The summed E-state index contributed by atoms with van der Waals surface area (Å²) in [5.41, 5.74) is 1.47. The number of nitrogens with zero attached hydrogens (tertiary/aromatic N) is 1. The van der Waals surface area contributed by atoms with Gasteiger partial charge in [0.15, 0.2) is 0 Å². The Morgan fingerprint density at radius 3 is 3.23 bits per heavy atom. The van der Waals surface area contributed by atoms with Crippen LogP contribution in [0, 0.1) is 11.7 Å². The predicted octanol–water partition coefficient (Wildman–Crippen LogP) is 2.18. The molecule has 1 saturated heterocycles. The summed E-state index contributed by atoms with van der Waals surface area (Å²) in [5.74, 6) is 0.998. The first-order chi connectivity index (χ1) is 10.7. The number of amides is 1. The van der Waals surface area contributed by atoms with E-state index in [1.165, 1.54) is 12.1 Å². The maximum atomic E-state index is 13.1. The number of halogens is 1. The van der Waals surface area contributed by atoms with Crippen molar-refractivity contribution < 1.29 is 13.9 Å². The number of hydrogen-bond acceptors (Lipinski definition) is 3. The fraction of sp³-hybridized carbons (Fsp3) is 0.500. The first-order valence-electron chi connectivity index (χ1n) is 7.69. The molecule has 6 heteroatoms. The van der Waals surface area contributed by atoms with E-state index in [1.807, 2.05) is 0 Å². The molecule has 2 N–H and O–H groups in total. The predicted molar refractivity (Wildman–Crippen MR) is 80.9 cm³/mol. The number of H-pyrrole nitrogens is 1. The minimum atomic E-state index is -0.272. The van der Waals surface area contributed by atoms with Crippen LogP contribution in [0.4, 0.5) is 4.39 Å². The van der Waals surface area contributed by atoms with Crippen molar-refractivity contribution in [2.75, 3.05) is 19.8 Å². The summed E-state index contributed by atoms with van der Waals surface area (Å²) in [6, 6.07) is 4.51. The van der Waals surface area contributed by atoms with Gasteiger partial charge in [0.25, 0.3) is 0 Å². The summed E-state index contributed by atoms with van der Waals surface area (Å²) in [7, 11) is 0. The van der Waals surface area contributed by atoms with E-state index >= 15 is 0 Å². The molecule has 1 aromatic heterocycles. The number of benzene rings is 1. The lowest BCUT2D eigenvalue weighted by atomic mass is 10.0. The van der Waals surface area contributed by atoms with Crippen molar-refractivity contribution in [3.63, 3.8) is 0 Å². The van der Waals surface area contributed by atoms with Crippen LogP contribution in [-0.2, 0) is 16.0 Å². The van der Waals surface area contributed by atoms with E-state index in [0.29, 0.717) is 31.0 Å². The van der Waals surface area contributed by atoms with Gasteiger partial charge in [0, 0.05) is 32.6 Å². The lowest BCUT2D eigenvalue weighted by Gasteiger charge is -2.08. The Hall–Kier alpha value is -1.95. The molecular formula is C16H20FN3O2. The van der Waals surface area contributed by atoms with Gasteiger partial charge in [-0.15, -0.1) is 0 Å². The number of imidazole rings is 1. The van der Waals surface area contributed by atoms with Gasteiger partial charge in [-0.2, -0.15) is 0 Å². The van der Waals surface area contributed by atoms with E-state index in [-0.39, 0.29) is 11.7 Å². The molecule has 22 heavy (non-hydrogen) atoms. The van der Waals surface area contributed by atoms with Crippen molar-refractivity contribution in [1.82, 2.24) is 15.3 Å². The number of ether oxygens (including phenoxy) is 1. The number of carbonyl (C=O) groups excluding carboxylic acids is 1. The van der Waals surface area contributed by atoms with E-state index in [4.69, 9.17) is 4.74 Å². The SMILES string of the molecule is O=C(C[C@@H]1CCOC1)NCCCc1nc2ccc(F)cc2[nH]1. The molecular weight excluding hydrogens is 285 g/mol. The van der Waals surface area contributed by atoms with Gasteiger partial charge in [-0.3, -0.25) is 4.79 Å². The molecule has 1 aromatic carbocycles. The average Bonchev–Trinajstić information content (AvgIpc) is 3.12. The summed E-state index contributed by atoms with van der Waals surface area (Å²) < 4.78 is 18.4. The van der Waals surface area contributed by atoms with Gasteiger partial charge in [-0.05, 0) is 37.0 Å². The van der Waals surface area contributed by atoms with E-state index in [0.717, 1.165) is 37.2 Å². The van der Waals surface area contributed by atoms with Crippen molar-refractivity contribution in [2.24, 2.45) is 5.92 Å². The van der Waals surface area contributed by atoms with Crippen LogP contribution in [0.15, 0.2) is 18.2 Å². The normalized spacial score (nSPS) is 18.0. The number of rotatable bonds is 6. The first kappa shape index (κ1) is 15.0. The molecule has 0 saturated carbocycles. The van der Waals surface area contributed by atoms with Crippen LogP contribution in [0.3, 0.4) is 0 Å². The number of aromatic amines is 1. The van der Waals surface area contributed by atoms with Crippen molar-refractivity contribution in [2.45, 2.75) is 25.7 Å². The van der Waals surface area contributed by atoms with Gasteiger partial charge < -0.3 is 15.0 Å². The highest BCUT2D eigenvalue weighted by Gasteiger charge is 2.18.